The van der Waals surface area contributed by atoms with Crippen LogP contribution in [0.4, 0.5) is 0 Å². The molecule has 0 bridgehead atoms. The Bertz CT molecular complexity index is 815. The van der Waals surface area contributed by atoms with Crippen molar-refractivity contribution in [2.75, 3.05) is 13.2 Å². The first-order valence-electron chi connectivity index (χ1n) is 9.62. The average molecular weight is 422 g/mol. The van der Waals surface area contributed by atoms with Gasteiger partial charge in [0.1, 0.15) is 24.4 Å². The predicted octanol–water partition coefficient (Wildman–Crippen LogP) is -0.204. The van der Waals surface area contributed by atoms with Crippen molar-refractivity contribution in [3.63, 3.8) is 0 Å². The lowest BCUT2D eigenvalue weighted by atomic mass is 9.76. The van der Waals surface area contributed by atoms with Crippen LogP contribution in [0.15, 0.2) is 36.5 Å². The summed E-state index contributed by atoms with van der Waals surface area (Å²) in [7, 11) is 0. The Morgan fingerprint density at radius 3 is 2.60 bits per heavy atom. The van der Waals surface area contributed by atoms with E-state index in [2.05, 4.69) is 19.7 Å². The van der Waals surface area contributed by atoms with E-state index in [1.165, 1.54) is 6.92 Å². The molecule has 2 aliphatic carbocycles. The van der Waals surface area contributed by atoms with Crippen molar-refractivity contribution in [3.05, 3.63) is 36.5 Å². The maximum Gasteiger partial charge on any atom is 0.336 e. The van der Waals surface area contributed by atoms with Gasteiger partial charge in [0.15, 0.2) is 0 Å². The Morgan fingerprint density at radius 1 is 1.33 bits per heavy atom. The van der Waals surface area contributed by atoms with Crippen molar-refractivity contribution >= 4 is 17.9 Å². The lowest BCUT2D eigenvalue weighted by molar-refractivity contribution is -0.177. The van der Waals surface area contributed by atoms with Crippen LogP contribution in [0, 0.1) is 17.8 Å². The lowest BCUT2D eigenvalue weighted by Crippen LogP contribution is -2.54. The molecule has 1 heterocycles. The van der Waals surface area contributed by atoms with Crippen molar-refractivity contribution < 1.29 is 43.9 Å². The zero-order valence-electron chi connectivity index (χ0n) is 16.7. The van der Waals surface area contributed by atoms with Crippen molar-refractivity contribution in [1.29, 1.82) is 0 Å². The van der Waals surface area contributed by atoms with E-state index in [0.717, 1.165) is 0 Å². The van der Waals surface area contributed by atoms with Crippen LogP contribution < -0.4 is 0 Å². The minimum absolute atomic E-state index is 0.0667. The first-order chi connectivity index (χ1) is 14.0. The number of carbonyl (C=O) groups excluding carboxylic acids is 3. The second-order valence-corrected chi connectivity index (χ2v) is 8.14. The lowest BCUT2D eigenvalue weighted by Gasteiger charge is -2.37. The molecule has 0 aromatic carbocycles. The summed E-state index contributed by atoms with van der Waals surface area (Å²) in [4.78, 5) is 35.9. The number of hydrogen-bond acceptors (Lipinski definition) is 9. The summed E-state index contributed by atoms with van der Waals surface area (Å²) in [5.41, 5.74) is -1.39. The van der Waals surface area contributed by atoms with Gasteiger partial charge in [0.25, 0.3) is 0 Å². The van der Waals surface area contributed by atoms with Crippen LogP contribution in [-0.4, -0.2) is 70.4 Å². The summed E-state index contributed by atoms with van der Waals surface area (Å²) in [6, 6.07) is 0. The molecule has 3 rings (SSSR count). The molecule has 0 aromatic heterocycles. The molecule has 0 amide bonds. The molecule has 9 nitrogen and oxygen atoms in total. The fourth-order valence-corrected chi connectivity index (χ4v) is 4.78. The van der Waals surface area contributed by atoms with Crippen LogP contribution in [0.3, 0.4) is 0 Å². The van der Waals surface area contributed by atoms with Crippen LogP contribution in [0.5, 0.6) is 0 Å². The second-order valence-electron chi connectivity index (χ2n) is 8.14. The Balaban J connectivity index is 2.00. The van der Waals surface area contributed by atoms with Crippen molar-refractivity contribution in [1.82, 2.24) is 0 Å². The Kier molecular flexibility index (Phi) is 5.90. The Hall–Kier alpha value is -2.49. The number of esters is 3. The largest absolute Gasteiger partial charge is 0.463 e. The van der Waals surface area contributed by atoms with E-state index in [0.29, 0.717) is 5.57 Å². The molecule has 9 heteroatoms. The van der Waals surface area contributed by atoms with E-state index in [-0.39, 0.29) is 24.0 Å². The van der Waals surface area contributed by atoms with E-state index in [1.54, 1.807) is 0 Å². The smallest absolute Gasteiger partial charge is 0.336 e. The fraction of sp³-hybridized carbons (Fsp3) is 0.571. The third-order valence-corrected chi connectivity index (χ3v) is 6.31. The van der Waals surface area contributed by atoms with Crippen LogP contribution in [0.25, 0.3) is 0 Å². The van der Waals surface area contributed by atoms with E-state index in [1.807, 2.05) is 0 Å². The van der Waals surface area contributed by atoms with E-state index in [9.17, 15) is 24.6 Å². The van der Waals surface area contributed by atoms with Gasteiger partial charge in [-0.25, -0.2) is 9.59 Å². The van der Waals surface area contributed by atoms with Crippen LogP contribution in [-0.2, 0) is 28.6 Å². The van der Waals surface area contributed by atoms with Gasteiger partial charge in [0.2, 0.25) is 0 Å². The normalized spacial score (nSPS) is 37.7. The topological polar surface area (TPSA) is 140 Å². The quantitative estimate of drug-likeness (QED) is 0.238. The second kappa shape index (κ2) is 7.98. The zero-order chi connectivity index (χ0) is 22.4. The van der Waals surface area contributed by atoms with Gasteiger partial charge in [-0.2, -0.15) is 0 Å². The van der Waals surface area contributed by atoms with Gasteiger partial charge in [-0.1, -0.05) is 25.3 Å². The molecule has 3 N–H and O–H groups in total. The number of fused-ring (bicyclic) bond motifs is 3. The van der Waals surface area contributed by atoms with Gasteiger partial charge in [-0.05, 0) is 12.3 Å². The first kappa shape index (κ1) is 22.2. The number of rotatable bonds is 5. The molecule has 7 unspecified atom stereocenters. The van der Waals surface area contributed by atoms with Crippen molar-refractivity contribution in [2.45, 2.75) is 43.7 Å². The van der Waals surface area contributed by atoms with Gasteiger partial charge in [0, 0.05) is 24.8 Å². The monoisotopic (exact) mass is 422 g/mol. The molecule has 1 saturated heterocycles. The number of ether oxygens (including phenoxy) is 3. The standard InChI is InChI=1S/C21H26O9/c1-9-5-14(29-19(25)10(2)7-22)16-11(3)20(26)30-18(16)17-13(9)6-15(24)21(17,27)8-28-12(4)23/h13-18,22,24,27H,1-3,5-8H2,4H3. The summed E-state index contributed by atoms with van der Waals surface area (Å²) >= 11 is 0. The Labute approximate surface area is 173 Å². The minimum Gasteiger partial charge on any atom is -0.463 e. The fourth-order valence-electron chi connectivity index (χ4n) is 4.78. The summed E-state index contributed by atoms with van der Waals surface area (Å²) < 4.78 is 16.0. The molecule has 1 aliphatic heterocycles. The van der Waals surface area contributed by atoms with Crippen LogP contribution in [0.1, 0.15) is 19.8 Å². The molecule has 3 aliphatic rings. The molecule has 2 saturated carbocycles. The third-order valence-electron chi connectivity index (χ3n) is 6.31. The highest BCUT2D eigenvalue weighted by Crippen LogP contribution is 2.54. The molecular weight excluding hydrogens is 396 g/mol. The molecular formula is C21H26O9. The first-order valence-corrected chi connectivity index (χ1v) is 9.62. The maximum atomic E-state index is 12.3. The third kappa shape index (κ3) is 3.57. The number of carbonyl (C=O) groups is 3. The highest BCUT2D eigenvalue weighted by molar-refractivity contribution is 5.92. The minimum atomic E-state index is -1.89. The van der Waals surface area contributed by atoms with Gasteiger partial charge in [-0.3, -0.25) is 4.79 Å². The highest BCUT2D eigenvalue weighted by atomic mass is 16.6. The van der Waals surface area contributed by atoms with Crippen LogP contribution in [0.2, 0.25) is 0 Å². The van der Waals surface area contributed by atoms with E-state index in [4.69, 9.17) is 19.3 Å². The molecule has 0 spiro atoms. The molecule has 0 radical (unpaired) electrons. The van der Waals surface area contributed by atoms with Crippen LogP contribution >= 0.6 is 0 Å². The summed E-state index contributed by atoms with van der Waals surface area (Å²) in [6.07, 6.45) is -2.87. The average Bonchev–Trinajstić information content (AvgIpc) is 3.08. The molecule has 7 atom stereocenters. The SMILES string of the molecule is C=C(CO)C(=O)OC1CC(=C)C2CC(O)C(O)(COC(C)=O)C2C2OC(=O)C(=C)C12. The summed E-state index contributed by atoms with van der Waals surface area (Å²) in [5, 5.41) is 31.1. The van der Waals surface area contributed by atoms with E-state index >= 15 is 0 Å². The molecule has 0 aromatic rings. The van der Waals surface area contributed by atoms with Crippen molar-refractivity contribution in [2.24, 2.45) is 17.8 Å². The number of aliphatic hydroxyl groups is 3. The Morgan fingerprint density at radius 2 is 2.00 bits per heavy atom. The van der Waals surface area contributed by atoms with Gasteiger partial charge in [0.05, 0.1) is 24.2 Å². The maximum absolute atomic E-state index is 12.3. The van der Waals surface area contributed by atoms with Crippen molar-refractivity contribution in [3.8, 4) is 0 Å². The number of aliphatic hydroxyl groups excluding tert-OH is 2. The van der Waals surface area contributed by atoms with Gasteiger partial charge >= 0.3 is 17.9 Å². The highest BCUT2D eigenvalue weighted by Gasteiger charge is 2.65. The summed E-state index contributed by atoms with van der Waals surface area (Å²) in [6.45, 7) is 11.4. The zero-order valence-corrected chi connectivity index (χ0v) is 16.7. The molecule has 3 fully saturated rings. The summed E-state index contributed by atoms with van der Waals surface area (Å²) in [5.74, 6) is -4.30. The van der Waals surface area contributed by atoms with E-state index < -0.39 is 72.8 Å². The van der Waals surface area contributed by atoms with Gasteiger partial charge in [-0.15, -0.1) is 0 Å². The predicted molar refractivity (Wildman–Crippen MR) is 102 cm³/mol. The molecule has 164 valence electrons. The van der Waals surface area contributed by atoms with Gasteiger partial charge < -0.3 is 29.5 Å². The number of hydrogen-bond donors (Lipinski definition) is 3. The molecule has 30 heavy (non-hydrogen) atoms.